The van der Waals surface area contributed by atoms with Crippen molar-refractivity contribution in [2.75, 3.05) is 6.54 Å². The maximum absolute atomic E-state index is 4.77. The number of hydrogen-bond acceptors (Lipinski definition) is 3. The summed E-state index contributed by atoms with van der Waals surface area (Å²) in [6.07, 6.45) is 9.39. The lowest BCUT2D eigenvalue weighted by Gasteiger charge is -2.14. The van der Waals surface area contributed by atoms with Gasteiger partial charge in [0.2, 0.25) is 0 Å². The highest BCUT2D eigenvalue weighted by Crippen LogP contribution is 2.11. The molecule has 2 heterocycles. The lowest BCUT2D eigenvalue weighted by atomic mass is 10.1. The fourth-order valence-corrected chi connectivity index (χ4v) is 3.48. The summed E-state index contributed by atoms with van der Waals surface area (Å²) < 4.78 is 4.00. The molecular formula is C25H29N7. The largest absolute Gasteiger partial charge is 0.357 e. The second-order valence-corrected chi connectivity index (χ2v) is 7.57. The van der Waals surface area contributed by atoms with Crippen LogP contribution in [0.5, 0.6) is 0 Å². The molecule has 0 amide bonds. The van der Waals surface area contributed by atoms with E-state index in [4.69, 9.17) is 4.99 Å². The molecule has 4 rings (SSSR count). The Kier molecular flexibility index (Phi) is 7.31. The summed E-state index contributed by atoms with van der Waals surface area (Å²) in [7, 11) is 0. The minimum absolute atomic E-state index is 0.621. The molecule has 0 aliphatic carbocycles. The molecule has 0 spiro atoms. The molecule has 0 radical (unpaired) electrons. The van der Waals surface area contributed by atoms with Gasteiger partial charge < -0.3 is 15.2 Å². The number of hydrogen-bond donors (Lipinski definition) is 2. The molecule has 4 aromatic rings. The summed E-state index contributed by atoms with van der Waals surface area (Å²) >= 11 is 0. The second-order valence-electron chi connectivity index (χ2n) is 7.57. The molecule has 0 fully saturated rings. The molecule has 0 saturated carbocycles. The van der Waals surface area contributed by atoms with Crippen molar-refractivity contribution < 1.29 is 0 Å². The van der Waals surface area contributed by atoms with Crippen LogP contribution in [-0.4, -0.2) is 31.8 Å². The van der Waals surface area contributed by atoms with Crippen molar-refractivity contribution >= 4 is 5.96 Å². The number of imidazole rings is 1. The molecule has 0 saturated heterocycles. The molecule has 0 unspecified atom stereocenters. The lowest BCUT2D eigenvalue weighted by molar-refractivity contribution is 0.677. The molecule has 0 aliphatic rings. The van der Waals surface area contributed by atoms with E-state index in [1.165, 1.54) is 22.3 Å². The Morgan fingerprint density at radius 3 is 2.41 bits per heavy atom. The molecule has 0 bridgehead atoms. The fraction of sp³-hybridized carbons (Fsp3) is 0.240. The Balaban J connectivity index is 1.36. The summed E-state index contributed by atoms with van der Waals surface area (Å²) in [6.45, 7) is 5.79. The van der Waals surface area contributed by atoms with Gasteiger partial charge in [-0.3, -0.25) is 4.68 Å². The number of rotatable bonds is 9. The summed E-state index contributed by atoms with van der Waals surface area (Å²) in [5.41, 5.74) is 4.90. The van der Waals surface area contributed by atoms with E-state index in [9.17, 15) is 0 Å². The van der Waals surface area contributed by atoms with Crippen LogP contribution in [0.25, 0.3) is 0 Å². The number of guanidine groups is 1. The van der Waals surface area contributed by atoms with Crippen LogP contribution in [-0.2, 0) is 26.2 Å². The Morgan fingerprint density at radius 1 is 0.875 bits per heavy atom. The van der Waals surface area contributed by atoms with Gasteiger partial charge in [-0.25, -0.2) is 9.98 Å². The van der Waals surface area contributed by atoms with Gasteiger partial charge in [0.1, 0.15) is 0 Å². The third-order valence-corrected chi connectivity index (χ3v) is 5.17. The highest BCUT2D eigenvalue weighted by atomic mass is 15.3. The first kappa shape index (κ1) is 21.4. The number of aromatic nitrogens is 4. The minimum atomic E-state index is 0.621. The molecule has 0 aliphatic heterocycles. The van der Waals surface area contributed by atoms with E-state index < -0.39 is 0 Å². The Morgan fingerprint density at radius 2 is 1.69 bits per heavy atom. The SMILES string of the molecule is CCNC(=NCc1ccc(Cn2ccnc2)cc1)NCc1ccccc1Cn1cccn1. The van der Waals surface area contributed by atoms with E-state index in [1.807, 2.05) is 29.5 Å². The van der Waals surface area contributed by atoms with Crippen LogP contribution in [0.2, 0.25) is 0 Å². The third-order valence-electron chi connectivity index (χ3n) is 5.17. The first-order chi connectivity index (χ1) is 15.8. The Bertz CT molecular complexity index is 1100. The topological polar surface area (TPSA) is 72.1 Å². The quantitative estimate of drug-likeness (QED) is 0.317. The van der Waals surface area contributed by atoms with Crippen LogP contribution in [0, 0.1) is 0 Å². The number of nitrogens with zero attached hydrogens (tertiary/aromatic N) is 5. The van der Waals surface area contributed by atoms with Crippen molar-refractivity contribution in [1.29, 1.82) is 0 Å². The van der Waals surface area contributed by atoms with Crippen LogP contribution < -0.4 is 10.6 Å². The van der Waals surface area contributed by atoms with Gasteiger partial charge in [-0.05, 0) is 35.2 Å². The maximum Gasteiger partial charge on any atom is 0.191 e. The second kappa shape index (κ2) is 10.9. The van der Waals surface area contributed by atoms with Crippen LogP contribution in [0.3, 0.4) is 0 Å². The van der Waals surface area contributed by atoms with Crippen molar-refractivity contribution in [3.63, 3.8) is 0 Å². The molecular weight excluding hydrogens is 398 g/mol. The van der Waals surface area contributed by atoms with E-state index in [0.29, 0.717) is 13.1 Å². The monoisotopic (exact) mass is 427 g/mol. The average Bonchev–Trinajstić information content (AvgIpc) is 3.52. The van der Waals surface area contributed by atoms with Crippen LogP contribution >= 0.6 is 0 Å². The smallest absolute Gasteiger partial charge is 0.191 e. The van der Waals surface area contributed by atoms with E-state index in [1.54, 1.807) is 12.4 Å². The zero-order chi connectivity index (χ0) is 22.0. The van der Waals surface area contributed by atoms with Crippen molar-refractivity contribution in [3.8, 4) is 0 Å². The van der Waals surface area contributed by atoms with Gasteiger partial charge in [0.05, 0.1) is 19.4 Å². The molecule has 2 aromatic carbocycles. The van der Waals surface area contributed by atoms with Crippen molar-refractivity contribution in [1.82, 2.24) is 30.0 Å². The first-order valence-corrected chi connectivity index (χ1v) is 10.9. The van der Waals surface area contributed by atoms with Gasteiger partial charge in [0.15, 0.2) is 5.96 Å². The van der Waals surface area contributed by atoms with Crippen molar-refractivity contribution in [2.45, 2.75) is 33.1 Å². The van der Waals surface area contributed by atoms with Gasteiger partial charge in [-0.1, -0.05) is 48.5 Å². The fourth-order valence-electron chi connectivity index (χ4n) is 3.48. The number of benzene rings is 2. The van der Waals surface area contributed by atoms with Gasteiger partial charge in [-0.2, -0.15) is 5.10 Å². The molecule has 0 atom stereocenters. The predicted octanol–water partition coefficient (Wildman–Crippen LogP) is 3.43. The van der Waals surface area contributed by atoms with Gasteiger partial charge >= 0.3 is 0 Å². The van der Waals surface area contributed by atoms with E-state index in [-0.39, 0.29) is 0 Å². The lowest BCUT2D eigenvalue weighted by Crippen LogP contribution is -2.37. The van der Waals surface area contributed by atoms with Crippen LogP contribution in [0.1, 0.15) is 29.2 Å². The number of nitrogens with one attached hydrogen (secondary N) is 2. The number of aliphatic imine (C=N–C) groups is 1. The van der Waals surface area contributed by atoms with E-state index >= 15 is 0 Å². The molecule has 7 nitrogen and oxygen atoms in total. The predicted molar refractivity (Wildman–Crippen MR) is 127 cm³/mol. The van der Waals surface area contributed by atoms with E-state index in [0.717, 1.165) is 25.6 Å². The van der Waals surface area contributed by atoms with Crippen LogP contribution in [0.15, 0.2) is 90.7 Å². The highest BCUT2D eigenvalue weighted by Gasteiger charge is 2.05. The van der Waals surface area contributed by atoms with Crippen LogP contribution in [0.4, 0.5) is 0 Å². The molecule has 2 aromatic heterocycles. The summed E-state index contributed by atoms with van der Waals surface area (Å²) in [6, 6.07) is 18.9. The average molecular weight is 428 g/mol. The van der Waals surface area contributed by atoms with Gasteiger partial charge in [0, 0.05) is 44.4 Å². The van der Waals surface area contributed by atoms with Crippen molar-refractivity contribution in [3.05, 3.63) is 108 Å². The summed E-state index contributed by atoms with van der Waals surface area (Å²) in [5.74, 6) is 0.809. The third kappa shape index (κ3) is 6.07. The molecule has 7 heteroatoms. The minimum Gasteiger partial charge on any atom is -0.357 e. The maximum atomic E-state index is 4.77. The molecule has 32 heavy (non-hydrogen) atoms. The zero-order valence-corrected chi connectivity index (χ0v) is 18.4. The normalized spacial score (nSPS) is 11.5. The Labute approximate surface area is 188 Å². The van der Waals surface area contributed by atoms with Gasteiger partial charge in [-0.15, -0.1) is 0 Å². The molecule has 2 N–H and O–H groups in total. The van der Waals surface area contributed by atoms with Gasteiger partial charge in [0.25, 0.3) is 0 Å². The summed E-state index contributed by atoms with van der Waals surface area (Å²) in [4.78, 5) is 8.86. The summed E-state index contributed by atoms with van der Waals surface area (Å²) in [5, 5.41) is 11.1. The van der Waals surface area contributed by atoms with Crippen molar-refractivity contribution in [2.24, 2.45) is 4.99 Å². The standard InChI is InChI=1S/C25H29N7/c1-2-27-25(28-16-21-8-10-22(11-9-21)18-31-15-13-26-20-31)29-17-23-6-3-4-7-24(23)19-32-14-5-12-30-32/h3-15,20H,2,16-19H2,1H3,(H2,27,28,29). The van der Waals surface area contributed by atoms with E-state index in [2.05, 4.69) is 80.7 Å². The highest BCUT2D eigenvalue weighted by molar-refractivity contribution is 5.79. The Hall–Kier alpha value is -3.87. The first-order valence-electron chi connectivity index (χ1n) is 10.9. The molecule has 164 valence electrons. The zero-order valence-electron chi connectivity index (χ0n) is 18.4.